The van der Waals surface area contributed by atoms with Crippen molar-refractivity contribution in [1.29, 1.82) is 0 Å². The maximum Gasteiger partial charge on any atom is 0.239 e. The Balaban J connectivity index is 1.52. The lowest BCUT2D eigenvalue weighted by molar-refractivity contribution is -0.177. The van der Waals surface area contributed by atoms with E-state index in [0.717, 1.165) is 45.6 Å². The lowest BCUT2D eigenvalue weighted by Gasteiger charge is -2.48. The zero-order valence-corrected chi connectivity index (χ0v) is 12.8. The van der Waals surface area contributed by atoms with Gasteiger partial charge in [-0.1, -0.05) is 12.8 Å². The van der Waals surface area contributed by atoms with Gasteiger partial charge in [-0.2, -0.15) is 0 Å². The van der Waals surface area contributed by atoms with Crippen molar-refractivity contribution in [3.05, 3.63) is 0 Å². The van der Waals surface area contributed by atoms with Gasteiger partial charge in [-0.25, -0.2) is 0 Å². The Labute approximate surface area is 122 Å². The van der Waals surface area contributed by atoms with Gasteiger partial charge in [0.25, 0.3) is 0 Å². The Hall–Kier alpha value is -0.610. The van der Waals surface area contributed by atoms with E-state index in [4.69, 9.17) is 4.74 Å². The molecule has 1 atom stereocenters. The number of ether oxygens (including phenoxy) is 1. The molecule has 0 aromatic heterocycles. The standard InChI is InChI=1S/C16H28N2O2/c1-14(17-9-4-2-3-5-10-17)15(19)18-11-6-16(7-12-18)8-13-20-16/h14H,2-13H2,1H3/t14-/m0/s1. The van der Waals surface area contributed by atoms with Crippen LogP contribution >= 0.6 is 0 Å². The highest BCUT2D eigenvalue weighted by molar-refractivity contribution is 5.81. The van der Waals surface area contributed by atoms with Gasteiger partial charge in [0.05, 0.1) is 18.2 Å². The normalized spacial score (nSPS) is 28.8. The number of hydrogen-bond acceptors (Lipinski definition) is 3. The summed E-state index contributed by atoms with van der Waals surface area (Å²) < 4.78 is 5.73. The average Bonchev–Trinajstić information content (AvgIpc) is 2.73. The molecule has 3 aliphatic rings. The number of piperidine rings is 1. The number of likely N-dealkylation sites (tertiary alicyclic amines) is 2. The Kier molecular flexibility index (Phi) is 4.32. The molecule has 0 aliphatic carbocycles. The summed E-state index contributed by atoms with van der Waals surface area (Å²) in [5.41, 5.74) is 0.141. The SMILES string of the molecule is C[C@@H](C(=O)N1CCC2(CCO2)CC1)N1CCCCCC1. The highest BCUT2D eigenvalue weighted by Crippen LogP contribution is 2.36. The van der Waals surface area contributed by atoms with Gasteiger partial charge in [-0.3, -0.25) is 9.69 Å². The Morgan fingerprint density at radius 3 is 2.10 bits per heavy atom. The molecule has 0 aromatic carbocycles. The quantitative estimate of drug-likeness (QED) is 0.776. The molecule has 0 saturated carbocycles. The van der Waals surface area contributed by atoms with Gasteiger partial charge in [0.15, 0.2) is 0 Å². The van der Waals surface area contributed by atoms with E-state index in [0.29, 0.717) is 5.91 Å². The fourth-order valence-corrected chi connectivity index (χ4v) is 3.82. The van der Waals surface area contributed by atoms with E-state index < -0.39 is 0 Å². The van der Waals surface area contributed by atoms with Crippen LogP contribution in [-0.4, -0.2) is 60.1 Å². The van der Waals surface area contributed by atoms with Crippen LogP contribution in [0.25, 0.3) is 0 Å². The lowest BCUT2D eigenvalue weighted by Crippen LogP contribution is -2.56. The summed E-state index contributed by atoms with van der Waals surface area (Å²) in [4.78, 5) is 17.1. The number of carbonyl (C=O) groups is 1. The summed E-state index contributed by atoms with van der Waals surface area (Å²) in [6.07, 6.45) is 8.39. The van der Waals surface area contributed by atoms with Crippen LogP contribution in [0.3, 0.4) is 0 Å². The number of hydrogen-bond donors (Lipinski definition) is 0. The molecule has 3 fully saturated rings. The van der Waals surface area contributed by atoms with Gasteiger partial charge in [-0.05, 0) is 52.1 Å². The zero-order chi connectivity index (χ0) is 14.0. The predicted molar refractivity (Wildman–Crippen MR) is 78.6 cm³/mol. The highest BCUT2D eigenvalue weighted by Gasteiger charge is 2.42. The zero-order valence-electron chi connectivity index (χ0n) is 12.8. The molecular formula is C16H28N2O2. The van der Waals surface area contributed by atoms with Crippen LogP contribution in [0, 0.1) is 0 Å². The largest absolute Gasteiger partial charge is 0.375 e. The van der Waals surface area contributed by atoms with Crippen molar-refractivity contribution in [3.63, 3.8) is 0 Å². The molecular weight excluding hydrogens is 252 g/mol. The number of rotatable bonds is 2. The van der Waals surface area contributed by atoms with E-state index in [1.807, 2.05) is 0 Å². The molecule has 0 N–H and O–H groups in total. The molecule has 3 aliphatic heterocycles. The molecule has 20 heavy (non-hydrogen) atoms. The molecule has 0 unspecified atom stereocenters. The summed E-state index contributed by atoms with van der Waals surface area (Å²) in [6.45, 7) is 6.96. The van der Waals surface area contributed by atoms with Crippen molar-refractivity contribution < 1.29 is 9.53 Å². The molecule has 0 radical (unpaired) electrons. The first kappa shape index (κ1) is 14.3. The lowest BCUT2D eigenvalue weighted by atomic mass is 9.84. The van der Waals surface area contributed by atoms with E-state index >= 15 is 0 Å². The van der Waals surface area contributed by atoms with E-state index in [1.54, 1.807) is 0 Å². The topological polar surface area (TPSA) is 32.8 Å². The van der Waals surface area contributed by atoms with Crippen molar-refractivity contribution >= 4 is 5.91 Å². The van der Waals surface area contributed by atoms with Crippen LogP contribution < -0.4 is 0 Å². The van der Waals surface area contributed by atoms with Crippen molar-refractivity contribution in [3.8, 4) is 0 Å². The van der Waals surface area contributed by atoms with Gasteiger partial charge >= 0.3 is 0 Å². The number of nitrogens with zero attached hydrogens (tertiary/aromatic N) is 2. The number of amides is 1. The van der Waals surface area contributed by atoms with Gasteiger partial charge in [0, 0.05) is 13.1 Å². The van der Waals surface area contributed by atoms with Crippen LogP contribution in [-0.2, 0) is 9.53 Å². The minimum atomic E-state index is 0.0597. The molecule has 4 heteroatoms. The van der Waals surface area contributed by atoms with Gasteiger partial charge in [0.2, 0.25) is 5.91 Å². The van der Waals surface area contributed by atoms with E-state index in [1.165, 1.54) is 32.1 Å². The van der Waals surface area contributed by atoms with Crippen molar-refractivity contribution in [1.82, 2.24) is 9.80 Å². The first-order valence-corrected chi connectivity index (χ1v) is 8.37. The maximum atomic E-state index is 12.7. The molecule has 3 heterocycles. The molecule has 0 aromatic rings. The molecule has 3 saturated heterocycles. The van der Waals surface area contributed by atoms with E-state index in [-0.39, 0.29) is 11.6 Å². The first-order valence-electron chi connectivity index (χ1n) is 8.37. The molecule has 114 valence electrons. The van der Waals surface area contributed by atoms with Gasteiger partial charge in [-0.15, -0.1) is 0 Å². The summed E-state index contributed by atoms with van der Waals surface area (Å²) >= 11 is 0. The van der Waals surface area contributed by atoms with Crippen molar-refractivity contribution in [2.45, 2.75) is 63.5 Å². The van der Waals surface area contributed by atoms with Gasteiger partial charge in [0.1, 0.15) is 0 Å². The second kappa shape index (κ2) is 6.02. The minimum absolute atomic E-state index is 0.0597. The molecule has 1 amide bonds. The summed E-state index contributed by atoms with van der Waals surface area (Å²) in [6, 6.07) is 0.0597. The number of carbonyl (C=O) groups excluding carboxylic acids is 1. The smallest absolute Gasteiger partial charge is 0.239 e. The summed E-state index contributed by atoms with van der Waals surface area (Å²) in [5, 5.41) is 0. The monoisotopic (exact) mass is 280 g/mol. The molecule has 3 rings (SSSR count). The fraction of sp³-hybridized carbons (Fsp3) is 0.938. The Morgan fingerprint density at radius 2 is 1.60 bits per heavy atom. The molecule has 1 spiro atoms. The van der Waals surface area contributed by atoms with Crippen LogP contribution in [0.4, 0.5) is 0 Å². The van der Waals surface area contributed by atoms with Crippen molar-refractivity contribution in [2.24, 2.45) is 0 Å². The third-order valence-electron chi connectivity index (χ3n) is 5.50. The molecule has 4 nitrogen and oxygen atoms in total. The summed E-state index contributed by atoms with van der Waals surface area (Å²) in [7, 11) is 0. The van der Waals surface area contributed by atoms with Crippen LogP contribution in [0.15, 0.2) is 0 Å². The van der Waals surface area contributed by atoms with E-state index in [2.05, 4.69) is 16.7 Å². The minimum Gasteiger partial charge on any atom is -0.375 e. The van der Waals surface area contributed by atoms with Gasteiger partial charge < -0.3 is 9.64 Å². The molecule has 0 bridgehead atoms. The Bertz CT molecular complexity index is 336. The van der Waals surface area contributed by atoms with Crippen LogP contribution in [0.2, 0.25) is 0 Å². The fourth-order valence-electron chi connectivity index (χ4n) is 3.82. The van der Waals surface area contributed by atoms with Crippen molar-refractivity contribution in [2.75, 3.05) is 32.8 Å². The van der Waals surface area contributed by atoms with E-state index in [9.17, 15) is 4.79 Å². The second-order valence-corrected chi connectivity index (χ2v) is 6.73. The predicted octanol–water partition coefficient (Wildman–Crippen LogP) is 2.03. The second-order valence-electron chi connectivity index (χ2n) is 6.73. The maximum absolute atomic E-state index is 12.7. The third kappa shape index (κ3) is 2.86. The first-order chi connectivity index (χ1) is 9.70. The Morgan fingerprint density at radius 1 is 1.00 bits per heavy atom. The summed E-state index contributed by atoms with van der Waals surface area (Å²) in [5.74, 6) is 0.334. The van der Waals surface area contributed by atoms with Crippen LogP contribution in [0.1, 0.15) is 51.9 Å². The third-order valence-corrected chi connectivity index (χ3v) is 5.50. The highest BCUT2D eigenvalue weighted by atomic mass is 16.5. The van der Waals surface area contributed by atoms with Crippen LogP contribution in [0.5, 0.6) is 0 Å². The average molecular weight is 280 g/mol.